The summed E-state index contributed by atoms with van der Waals surface area (Å²) in [4.78, 5) is 5.12. The quantitative estimate of drug-likeness (QED) is 0.722. The number of tetrazole rings is 1. The highest BCUT2D eigenvalue weighted by molar-refractivity contribution is 5.54. The van der Waals surface area contributed by atoms with E-state index in [-0.39, 0.29) is 0 Å². The van der Waals surface area contributed by atoms with E-state index in [4.69, 9.17) is 4.74 Å². The molecule has 1 aromatic heterocycles. The Kier molecular flexibility index (Phi) is 4.77. The van der Waals surface area contributed by atoms with Gasteiger partial charge in [-0.15, -0.1) is 10.2 Å². The molecule has 2 aromatic carbocycles. The number of nitrogens with zero attached hydrogens (tertiary/aromatic N) is 5. The highest BCUT2D eigenvalue weighted by Crippen LogP contribution is 2.44. The predicted octanol–water partition coefficient (Wildman–Crippen LogP) is 2.61. The second-order valence-electron chi connectivity index (χ2n) is 8.21. The third-order valence-corrected chi connectivity index (χ3v) is 6.39. The van der Waals surface area contributed by atoms with E-state index in [9.17, 15) is 0 Å². The van der Waals surface area contributed by atoms with Crippen LogP contribution in [0.1, 0.15) is 17.2 Å². The maximum absolute atomic E-state index is 5.33. The topological polar surface area (TPSA) is 70.2 Å². The van der Waals surface area contributed by atoms with Gasteiger partial charge in [0.05, 0.1) is 7.11 Å². The summed E-state index contributed by atoms with van der Waals surface area (Å²) in [5, 5.41) is 14.2. The number of aromatic nitrogens is 4. The first kappa shape index (κ1) is 18.3. The van der Waals surface area contributed by atoms with Crippen LogP contribution in [0.15, 0.2) is 48.5 Å². The third-order valence-electron chi connectivity index (χ3n) is 6.39. The number of nitrogens with one attached hydrogen (secondary N) is 1. The minimum Gasteiger partial charge on any atom is -0.497 e. The van der Waals surface area contributed by atoms with Gasteiger partial charge in [0, 0.05) is 37.8 Å². The Bertz CT molecular complexity index is 940. The van der Waals surface area contributed by atoms with Crippen LogP contribution in [-0.2, 0) is 6.54 Å². The fraction of sp³-hybridized carbons (Fsp3) is 0.409. The van der Waals surface area contributed by atoms with Crippen molar-refractivity contribution in [2.24, 2.45) is 11.8 Å². The number of hydrogen-bond acceptors (Lipinski definition) is 6. The zero-order valence-corrected chi connectivity index (χ0v) is 16.8. The lowest BCUT2D eigenvalue weighted by Gasteiger charge is -2.27. The van der Waals surface area contributed by atoms with Gasteiger partial charge in [-0.25, -0.2) is 0 Å². The van der Waals surface area contributed by atoms with Gasteiger partial charge in [0.2, 0.25) is 5.82 Å². The van der Waals surface area contributed by atoms with Gasteiger partial charge in [0.15, 0.2) is 0 Å². The first-order valence-electron chi connectivity index (χ1n) is 10.1. The van der Waals surface area contributed by atoms with Crippen LogP contribution in [0.2, 0.25) is 0 Å². The summed E-state index contributed by atoms with van der Waals surface area (Å²) in [7, 11) is 3.98. The van der Waals surface area contributed by atoms with Gasteiger partial charge in [-0.05, 0) is 47.4 Å². The van der Waals surface area contributed by atoms with E-state index in [1.807, 2.05) is 0 Å². The molecule has 0 unspecified atom stereocenters. The van der Waals surface area contributed by atoms with Crippen LogP contribution in [0.4, 0.5) is 0 Å². The molecule has 2 aliphatic heterocycles. The molecule has 2 saturated heterocycles. The van der Waals surface area contributed by atoms with Gasteiger partial charge >= 0.3 is 0 Å². The molecule has 0 radical (unpaired) electrons. The number of H-pyrrole nitrogens is 1. The number of ether oxygens (including phenoxy) is 1. The van der Waals surface area contributed by atoms with E-state index in [1.54, 1.807) is 7.11 Å². The molecule has 3 heterocycles. The van der Waals surface area contributed by atoms with E-state index >= 15 is 0 Å². The summed E-state index contributed by atoms with van der Waals surface area (Å²) in [5.74, 6) is 2.96. The van der Waals surface area contributed by atoms with Crippen LogP contribution in [0.3, 0.4) is 0 Å². The highest BCUT2D eigenvalue weighted by atomic mass is 16.5. The molecule has 0 bridgehead atoms. The number of likely N-dealkylation sites (tertiary alicyclic amines) is 2. The number of aromatic amines is 1. The Balaban J connectivity index is 1.26. The monoisotopic (exact) mass is 390 g/mol. The van der Waals surface area contributed by atoms with Crippen molar-refractivity contribution in [1.82, 2.24) is 30.4 Å². The molecule has 7 nitrogen and oxygen atoms in total. The summed E-state index contributed by atoms with van der Waals surface area (Å²) in [6.45, 7) is 4.44. The molecule has 150 valence electrons. The first-order valence-corrected chi connectivity index (χ1v) is 10.1. The molecule has 0 aliphatic carbocycles. The van der Waals surface area contributed by atoms with Crippen molar-refractivity contribution in [2.75, 3.05) is 33.8 Å². The molecule has 7 heteroatoms. The van der Waals surface area contributed by atoms with Crippen molar-refractivity contribution in [2.45, 2.75) is 12.6 Å². The van der Waals surface area contributed by atoms with Gasteiger partial charge in [-0.1, -0.05) is 36.4 Å². The Morgan fingerprint density at radius 2 is 1.83 bits per heavy atom. The molecule has 0 saturated carbocycles. The van der Waals surface area contributed by atoms with Crippen LogP contribution < -0.4 is 4.74 Å². The van der Waals surface area contributed by atoms with Crippen LogP contribution in [0.5, 0.6) is 5.75 Å². The second-order valence-corrected chi connectivity index (χ2v) is 8.21. The van der Waals surface area contributed by atoms with Gasteiger partial charge in [-0.3, -0.25) is 9.80 Å². The van der Waals surface area contributed by atoms with Gasteiger partial charge < -0.3 is 4.74 Å². The SMILES string of the molecule is COc1ccc([C@H]2[C@@H]3CN(Cc4ccc(-c5nn[nH]n5)cc4)C[C@@H]3CN2C)cc1. The van der Waals surface area contributed by atoms with Crippen LogP contribution in [0.25, 0.3) is 11.4 Å². The highest BCUT2D eigenvalue weighted by Gasteiger charge is 2.45. The minimum absolute atomic E-state index is 0.483. The molecule has 0 amide bonds. The molecule has 5 rings (SSSR count). The van der Waals surface area contributed by atoms with Gasteiger partial charge in [0.1, 0.15) is 5.75 Å². The summed E-state index contributed by atoms with van der Waals surface area (Å²) in [5.41, 5.74) is 3.71. The molecule has 3 atom stereocenters. The lowest BCUT2D eigenvalue weighted by molar-refractivity contribution is 0.224. The Labute approximate surface area is 170 Å². The molecular weight excluding hydrogens is 364 g/mol. The minimum atomic E-state index is 0.483. The number of benzene rings is 2. The lowest BCUT2D eigenvalue weighted by Crippen LogP contribution is -2.28. The largest absolute Gasteiger partial charge is 0.497 e. The van der Waals surface area contributed by atoms with E-state index in [2.05, 4.69) is 86.0 Å². The van der Waals surface area contributed by atoms with Crippen molar-refractivity contribution >= 4 is 0 Å². The average molecular weight is 390 g/mol. The van der Waals surface area contributed by atoms with Gasteiger partial charge in [-0.2, -0.15) is 5.21 Å². The summed E-state index contributed by atoms with van der Waals surface area (Å²) in [6.07, 6.45) is 0. The van der Waals surface area contributed by atoms with Gasteiger partial charge in [0.25, 0.3) is 0 Å². The number of methoxy groups -OCH3 is 1. The maximum atomic E-state index is 5.33. The van der Waals surface area contributed by atoms with Crippen LogP contribution in [-0.4, -0.2) is 64.2 Å². The van der Waals surface area contributed by atoms with E-state index in [1.165, 1.54) is 11.1 Å². The van der Waals surface area contributed by atoms with Crippen molar-refractivity contribution in [1.29, 1.82) is 0 Å². The van der Waals surface area contributed by atoms with Crippen molar-refractivity contribution < 1.29 is 4.74 Å². The fourth-order valence-electron chi connectivity index (χ4n) is 5.08. The molecule has 2 fully saturated rings. The number of fused-ring (bicyclic) bond motifs is 1. The van der Waals surface area contributed by atoms with E-state index in [0.29, 0.717) is 17.8 Å². The normalized spacial score (nSPS) is 24.7. The average Bonchev–Trinajstić information content (AvgIpc) is 3.46. The first-order chi connectivity index (χ1) is 14.2. The zero-order chi connectivity index (χ0) is 19.8. The molecule has 29 heavy (non-hydrogen) atoms. The van der Waals surface area contributed by atoms with Crippen molar-refractivity contribution in [3.05, 3.63) is 59.7 Å². The lowest BCUT2D eigenvalue weighted by atomic mass is 9.89. The Morgan fingerprint density at radius 3 is 2.52 bits per heavy atom. The van der Waals surface area contributed by atoms with E-state index < -0.39 is 0 Å². The predicted molar refractivity (Wildman–Crippen MR) is 110 cm³/mol. The molecular formula is C22H26N6O. The van der Waals surface area contributed by atoms with E-state index in [0.717, 1.165) is 43.4 Å². The number of rotatable bonds is 5. The Morgan fingerprint density at radius 1 is 1.03 bits per heavy atom. The Hall–Kier alpha value is -2.77. The third kappa shape index (κ3) is 3.52. The molecule has 1 N–H and O–H groups in total. The van der Waals surface area contributed by atoms with Crippen LogP contribution in [0, 0.1) is 11.8 Å². The van der Waals surface area contributed by atoms with Crippen LogP contribution >= 0.6 is 0 Å². The smallest absolute Gasteiger partial charge is 0.204 e. The maximum Gasteiger partial charge on any atom is 0.204 e. The fourth-order valence-corrected chi connectivity index (χ4v) is 5.08. The molecule has 3 aromatic rings. The molecule has 2 aliphatic rings. The summed E-state index contributed by atoms with van der Waals surface area (Å²) < 4.78 is 5.33. The van der Waals surface area contributed by atoms with Crippen molar-refractivity contribution in [3.63, 3.8) is 0 Å². The standard InChI is InChI=1S/C22H26N6O/c1-27-12-18-13-28(11-15-3-5-17(6-4-15)22-23-25-26-24-22)14-20(18)21(27)16-7-9-19(29-2)10-8-16/h3-10,18,20-21H,11-14H2,1-2H3,(H,23,24,25,26)/t18-,20+,21-/m0/s1. The summed E-state index contributed by atoms with van der Waals surface area (Å²) in [6, 6.07) is 17.6. The van der Waals surface area contributed by atoms with Crippen molar-refractivity contribution in [3.8, 4) is 17.1 Å². The summed E-state index contributed by atoms with van der Waals surface area (Å²) >= 11 is 0. The second kappa shape index (κ2) is 7.57. The zero-order valence-electron chi connectivity index (χ0n) is 16.8. The molecule has 0 spiro atoms. The number of hydrogen-bond donors (Lipinski definition) is 1.